The zero-order valence-corrected chi connectivity index (χ0v) is 12.6. The van der Waals surface area contributed by atoms with Gasteiger partial charge >= 0.3 is 5.97 Å². The van der Waals surface area contributed by atoms with E-state index in [1.54, 1.807) is 12.1 Å². The minimum atomic E-state index is -0.575. The summed E-state index contributed by atoms with van der Waals surface area (Å²) in [4.78, 5) is 44.1. The van der Waals surface area contributed by atoms with E-state index in [1.165, 1.54) is 48.4 Å². The van der Waals surface area contributed by atoms with Crippen LogP contribution in [0.1, 0.15) is 20.7 Å². The van der Waals surface area contributed by atoms with Crippen LogP contribution in [0.4, 0.5) is 5.69 Å². The molecule has 0 atom stereocenters. The van der Waals surface area contributed by atoms with Gasteiger partial charge in [-0.1, -0.05) is 0 Å². The fourth-order valence-electron chi connectivity index (χ4n) is 2.09. The molecule has 8 heteroatoms. The molecule has 3 aromatic heterocycles. The molecule has 3 aromatic rings. The maximum atomic E-state index is 12.5. The lowest BCUT2D eigenvalue weighted by atomic mass is 10.2. The number of carbonyl (C=O) groups is 2. The molecule has 24 heavy (non-hydrogen) atoms. The van der Waals surface area contributed by atoms with E-state index in [0.29, 0.717) is 11.2 Å². The van der Waals surface area contributed by atoms with Crippen LogP contribution < -0.4 is 10.9 Å². The fourth-order valence-corrected chi connectivity index (χ4v) is 2.09. The molecule has 0 bridgehead atoms. The molecule has 0 unspecified atom stereocenters. The second-order valence-electron chi connectivity index (χ2n) is 4.81. The highest BCUT2D eigenvalue weighted by molar-refractivity contribution is 6.03. The van der Waals surface area contributed by atoms with Crippen molar-refractivity contribution in [2.75, 3.05) is 12.4 Å². The molecule has 0 aliphatic heterocycles. The molecular weight excluding hydrogens is 312 g/mol. The lowest BCUT2D eigenvalue weighted by Crippen LogP contribution is -2.24. The standard InChI is InChI=1S/C16H12N4O4/c1-24-16(23)11-4-5-13-18-8-12(15(22)20(13)9-11)19-14(21)10-3-2-6-17-7-10/h2-9H,1H3,(H,19,21). The van der Waals surface area contributed by atoms with Crippen molar-refractivity contribution in [2.24, 2.45) is 0 Å². The predicted octanol–water partition coefficient (Wildman–Crippen LogP) is 1.13. The first-order valence-electron chi connectivity index (χ1n) is 6.91. The van der Waals surface area contributed by atoms with Crippen LogP contribution in [0.25, 0.3) is 5.65 Å². The molecule has 120 valence electrons. The number of hydrogen-bond donors (Lipinski definition) is 1. The summed E-state index contributed by atoms with van der Waals surface area (Å²) >= 11 is 0. The SMILES string of the molecule is COC(=O)c1ccc2ncc(NC(=O)c3cccnc3)c(=O)n2c1. The van der Waals surface area contributed by atoms with Crippen molar-refractivity contribution < 1.29 is 14.3 Å². The number of pyridine rings is 2. The van der Waals surface area contributed by atoms with Gasteiger partial charge in [0.15, 0.2) is 0 Å². The van der Waals surface area contributed by atoms with Crippen LogP contribution in [0, 0.1) is 0 Å². The van der Waals surface area contributed by atoms with E-state index >= 15 is 0 Å². The Hall–Kier alpha value is -3.55. The maximum Gasteiger partial charge on any atom is 0.339 e. The summed E-state index contributed by atoms with van der Waals surface area (Å²) in [5.74, 6) is -1.06. The molecular formula is C16H12N4O4. The molecule has 0 radical (unpaired) electrons. The number of carbonyl (C=O) groups excluding carboxylic acids is 2. The Morgan fingerprint density at radius 3 is 2.71 bits per heavy atom. The van der Waals surface area contributed by atoms with E-state index in [0.717, 1.165) is 0 Å². The summed E-state index contributed by atoms with van der Waals surface area (Å²) < 4.78 is 5.80. The number of amides is 1. The minimum Gasteiger partial charge on any atom is -0.465 e. The molecule has 8 nitrogen and oxygen atoms in total. The highest BCUT2D eigenvalue weighted by atomic mass is 16.5. The number of nitrogens with zero attached hydrogens (tertiary/aromatic N) is 3. The maximum absolute atomic E-state index is 12.5. The van der Waals surface area contributed by atoms with Crippen molar-refractivity contribution in [3.8, 4) is 0 Å². The van der Waals surface area contributed by atoms with Crippen molar-refractivity contribution in [3.05, 3.63) is 70.5 Å². The predicted molar refractivity (Wildman–Crippen MR) is 85.0 cm³/mol. The summed E-state index contributed by atoms with van der Waals surface area (Å²) in [5.41, 5.74) is 0.327. The van der Waals surface area contributed by atoms with Gasteiger partial charge in [0.05, 0.1) is 24.4 Å². The highest BCUT2D eigenvalue weighted by Gasteiger charge is 2.12. The molecule has 0 spiro atoms. The van der Waals surface area contributed by atoms with Crippen LogP contribution in [-0.2, 0) is 4.74 Å². The summed E-state index contributed by atoms with van der Waals surface area (Å²) in [6.45, 7) is 0. The van der Waals surface area contributed by atoms with Gasteiger partial charge in [-0.05, 0) is 24.3 Å². The van der Waals surface area contributed by atoms with Crippen molar-refractivity contribution in [2.45, 2.75) is 0 Å². The van der Waals surface area contributed by atoms with Crippen molar-refractivity contribution in [1.82, 2.24) is 14.4 Å². The van der Waals surface area contributed by atoms with Crippen LogP contribution >= 0.6 is 0 Å². The monoisotopic (exact) mass is 324 g/mol. The van der Waals surface area contributed by atoms with Gasteiger partial charge in [0.1, 0.15) is 11.3 Å². The molecule has 1 N–H and O–H groups in total. The van der Waals surface area contributed by atoms with Gasteiger partial charge in [0, 0.05) is 18.6 Å². The average Bonchev–Trinajstić information content (AvgIpc) is 2.63. The Morgan fingerprint density at radius 2 is 2.00 bits per heavy atom. The number of fused-ring (bicyclic) bond motifs is 1. The number of esters is 1. The molecule has 0 saturated carbocycles. The Kier molecular flexibility index (Phi) is 4.02. The Balaban J connectivity index is 2.00. The number of nitrogens with one attached hydrogen (secondary N) is 1. The lowest BCUT2D eigenvalue weighted by molar-refractivity contribution is 0.0600. The smallest absolute Gasteiger partial charge is 0.339 e. The zero-order valence-electron chi connectivity index (χ0n) is 12.6. The van der Waals surface area contributed by atoms with Gasteiger partial charge in [-0.25, -0.2) is 9.78 Å². The quantitative estimate of drug-likeness (QED) is 0.725. The Labute approximate surface area is 135 Å². The first-order chi connectivity index (χ1) is 11.6. The molecule has 3 rings (SSSR count). The fraction of sp³-hybridized carbons (Fsp3) is 0.0625. The Bertz CT molecular complexity index is 982. The number of ether oxygens (including phenoxy) is 1. The molecule has 0 fully saturated rings. The van der Waals surface area contributed by atoms with Crippen LogP contribution in [0.2, 0.25) is 0 Å². The van der Waals surface area contributed by atoms with Gasteiger partial charge in [-0.15, -0.1) is 0 Å². The first kappa shape index (κ1) is 15.3. The van der Waals surface area contributed by atoms with E-state index in [-0.39, 0.29) is 11.3 Å². The van der Waals surface area contributed by atoms with Crippen LogP contribution in [0.5, 0.6) is 0 Å². The van der Waals surface area contributed by atoms with Gasteiger partial charge in [-0.3, -0.25) is 19.0 Å². The number of anilines is 1. The van der Waals surface area contributed by atoms with Crippen molar-refractivity contribution in [3.63, 3.8) is 0 Å². The van der Waals surface area contributed by atoms with Crippen LogP contribution in [0.3, 0.4) is 0 Å². The third-order valence-electron chi connectivity index (χ3n) is 3.30. The second-order valence-corrected chi connectivity index (χ2v) is 4.81. The van der Waals surface area contributed by atoms with Crippen molar-refractivity contribution >= 4 is 23.2 Å². The first-order valence-corrected chi connectivity index (χ1v) is 6.91. The molecule has 1 amide bonds. The van der Waals surface area contributed by atoms with Crippen LogP contribution in [-0.4, -0.2) is 33.4 Å². The summed E-state index contributed by atoms with van der Waals surface area (Å²) in [6.07, 6.45) is 5.51. The van der Waals surface area contributed by atoms with Gasteiger partial charge < -0.3 is 10.1 Å². The third kappa shape index (κ3) is 2.84. The van der Waals surface area contributed by atoms with E-state index in [2.05, 4.69) is 20.0 Å². The molecule has 0 saturated heterocycles. The molecule has 0 aliphatic rings. The van der Waals surface area contributed by atoms with Crippen LogP contribution in [0.15, 0.2) is 53.8 Å². The van der Waals surface area contributed by atoms with E-state index in [4.69, 9.17) is 0 Å². The largest absolute Gasteiger partial charge is 0.465 e. The molecule has 3 heterocycles. The summed E-state index contributed by atoms with van der Waals surface area (Å²) in [5, 5.41) is 2.49. The van der Waals surface area contributed by atoms with E-state index in [9.17, 15) is 14.4 Å². The molecule has 0 aliphatic carbocycles. The number of hydrogen-bond acceptors (Lipinski definition) is 6. The Morgan fingerprint density at radius 1 is 1.17 bits per heavy atom. The summed E-state index contributed by atoms with van der Waals surface area (Å²) in [6, 6.07) is 6.20. The number of rotatable bonds is 3. The average molecular weight is 324 g/mol. The van der Waals surface area contributed by atoms with Gasteiger partial charge in [0.25, 0.3) is 11.5 Å². The van der Waals surface area contributed by atoms with E-state index in [1.807, 2.05) is 0 Å². The minimum absolute atomic E-state index is 0.0108. The topological polar surface area (TPSA) is 103 Å². The second kappa shape index (κ2) is 6.29. The zero-order chi connectivity index (χ0) is 17.1. The summed E-state index contributed by atoms with van der Waals surface area (Å²) in [7, 11) is 1.25. The van der Waals surface area contributed by atoms with Gasteiger partial charge in [-0.2, -0.15) is 0 Å². The highest BCUT2D eigenvalue weighted by Crippen LogP contribution is 2.07. The van der Waals surface area contributed by atoms with Crippen molar-refractivity contribution in [1.29, 1.82) is 0 Å². The third-order valence-corrected chi connectivity index (χ3v) is 3.30. The van der Waals surface area contributed by atoms with Gasteiger partial charge in [0.2, 0.25) is 0 Å². The number of methoxy groups -OCH3 is 1. The normalized spacial score (nSPS) is 10.4. The lowest BCUT2D eigenvalue weighted by Gasteiger charge is -2.07. The number of aromatic nitrogens is 3. The molecule has 0 aromatic carbocycles. The van der Waals surface area contributed by atoms with E-state index < -0.39 is 17.4 Å².